The topological polar surface area (TPSA) is 25.2 Å². The first kappa shape index (κ1) is 12.0. The van der Waals surface area contributed by atoms with Crippen LogP contribution in [0.15, 0.2) is 16.5 Å². The largest absolute Gasteiger partial charge is 0.449 e. The summed E-state index contributed by atoms with van der Waals surface area (Å²) in [5, 5.41) is 3.83. The predicted octanol–water partition coefficient (Wildman–Crippen LogP) is 3.17. The molecule has 4 heteroatoms. The summed E-state index contributed by atoms with van der Waals surface area (Å²) < 4.78 is 5.24. The molecule has 0 spiro atoms. The van der Waals surface area contributed by atoms with E-state index in [-0.39, 0.29) is 0 Å². The number of hydrogen-bond acceptors (Lipinski definition) is 3. The maximum absolute atomic E-state index is 5.65. The fraction of sp³-hybridized carbons (Fsp3) is 0.600. The van der Waals surface area contributed by atoms with Gasteiger partial charge in [0.15, 0.2) is 5.22 Å². The number of nitrogens with one attached hydrogen (secondary N) is 1. The van der Waals surface area contributed by atoms with Crippen LogP contribution in [0.2, 0.25) is 5.22 Å². The molecule has 0 aromatic carbocycles. The standard InChI is InChI=1S/C10H16ClNOS/c1-2-5-12-6-7-14-8-9-3-4-10(11)13-9/h3-4,12H,2,5-8H2,1H3. The van der Waals surface area contributed by atoms with Crippen molar-refractivity contribution in [2.75, 3.05) is 18.8 Å². The van der Waals surface area contributed by atoms with E-state index in [1.807, 2.05) is 17.8 Å². The van der Waals surface area contributed by atoms with E-state index in [0.29, 0.717) is 5.22 Å². The Labute approximate surface area is 94.4 Å². The van der Waals surface area contributed by atoms with Crippen LogP contribution < -0.4 is 5.32 Å². The summed E-state index contributed by atoms with van der Waals surface area (Å²) in [4.78, 5) is 0. The monoisotopic (exact) mass is 233 g/mol. The molecule has 0 amide bonds. The number of furan rings is 1. The number of thioether (sulfide) groups is 1. The quantitative estimate of drug-likeness (QED) is 0.733. The Morgan fingerprint density at radius 2 is 2.29 bits per heavy atom. The number of hydrogen-bond donors (Lipinski definition) is 1. The summed E-state index contributed by atoms with van der Waals surface area (Å²) in [6, 6.07) is 3.71. The molecule has 0 aliphatic heterocycles. The van der Waals surface area contributed by atoms with Gasteiger partial charge in [0.2, 0.25) is 0 Å². The highest BCUT2D eigenvalue weighted by molar-refractivity contribution is 7.98. The zero-order valence-electron chi connectivity index (χ0n) is 8.38. The van der Waals surface area contributed by atoms with E-state index in [0.717, 1.165) is 30.4 Å². The van der Waals surface area contributed by atoms with Gasteiger partial charge in [-0.15, -0.1) is 0 Å². The Balaban J connectivity index is 1.99. The predicted molar refractivity (Wildman–Crippen MR) is 63.0 cm³/mol. The van der Waals surface area contributed by atoms with E-state index in [4.69, 9.17) is 16.0 Å². The second kappa shape index (κ2) is 7.21. The van der Waals surface area contributed by atoms with Crippen LogP contribution in [0.3, 0.4) is 0 Å². The number of rotatable bonds is 7. The van der Waals surface area contributed by atoms with E-state index in [1.165, 1.54) is 6.42 Å². The Hall–Kier alpha value is -0.120. The summed E-state index contributed by atoms with van der Waals surface area (Å²) in [7, 11) is 0. The minimum atomic E-state index is 0.477. The molecule has 2 nitrogen and oxygen atoms in total. The lowest BCUT2D eigenvalue weighted by atomic mass is 10.5. The average molecular weight is 234 g/mol. The van der Waals surface area contributed by atoms with Crippen molar-refractivity contribution >= 4 is 23.4 Å². The number of halogens is 1. The lowest BCUT2D eigenvalue weighted by Crippen LogP contribution is -2.17. The third-order valence-corrected chi connectivity index (χ3v) is 2.91. The van der Waals surface area contributed by atoms with Gasteiger partial charge in [0.25, 0.3) is 0 Å². The SMILES string of the molecule is CCCNCCSCc1ccc(Cl)o1. The molecule has 14 heavy (non-hydrogen) atoms. The highest BCUT2D eigenvalue weighted by Gasteiger charge is 1.98. The van der Waals surface area contributed by atoms with Crippen LogP contribution in [0, 0.1) is 0 Å². The van der Waals surface area contributed by atoms with Crippen molar-refractivity contribution in [1.82, 2.24) is 5.32 Å². The van der Waals surface area contributed by atoms with Crippen molar-refractivity contribution in [3.8, 4) is 0 Å². The molecule has 0 aliphatic rings. The first-order chi connectivity index (χ1) is 6.83. The molecule has 0 radical (unpaired) electrons. The Morgan fingerprint density at radius 1 is 1.43 bits per heavy atom. The van der Waals surface area contributed by atoms with Gasteiger partial charge < -0.3 is 9.73 Å². The normalized spacial score (nSPS) is 10.7. The molecular weight excluding hydrogens is 218 g/mol. The molecule has 1 aromatic heterocycles. The van der Waals surface area contributed by atoms with Gasteiger partial charge in [0.1, 0.15) is 5.76 Å². The molecule has 0 saturated heterocycles. The van der Waals surface area contributed by atoms with Gasteiger partial charge in [-0.05, 0) is 36.7 Å². The lowest BCUT2D eigenvalue weighted by Gasteiger charge is -2.01. The van der Waals surface area contributed by atoms with Crippen LogP contribution in [0.1, 0.15) is 19.1 Å². The zero-order chi connectivity index (χ0) is 10.2. The van der Waals surface area contributed by atoms with Gasteiger partial charge in [-0.3, -0.25) is 0 Å². The van der Waals surface area contributed by atoms with E-state index in [1.54, 1.807) is 6.07 Å². The molecule has 0 fully saturated rings. The zero-order valence-corrected chi connectivity index (χ0v) is 9.96. The van der Waals surface area contributed by atoms with Gasteiger partial charge in [-0.1, -0.05) is 6.92 Å². The third-order valence-electron chi connectivity index (χ3n) is 1.72. The Bertz CT molecular complexity index is 252. The van der Waals surface area contributed by atoms with Gasteiger partial charge >= 0.3 is 0 Å². The maximum atomic E-state index is 5.65. The van der Waals surface area contributed by atoms with Gasteiger partial charge in [0.05, 0.1) is 5.75 Å². The average Bonchev–Trinajstić information content (AvgIpc) is 2.58. The molecule has 0 bridgehead atoms. The van der Waals surface area contributed by atoms with Crippen LogP contribution in [-0.2, 0) is 5.75 Å². The second-order valence-electron chi connectivity index (χ2n) is 3.01. The van der Waals surface area contributed by atoms with Gasteiger partial charge in [-0.2, -0.15) is 11.8 Å². The van der Waals surface area contributed by atoms with Crippen LogP contribution in [0.5, 0.6) is 0 Å². The molecule has 0 aliphatic carbocycles. The minimum absolute atomic E-state index is 0.477. The molecule has 0 unspecified atom stereocenters. The fourth-order valence-electron chi connectivity index (χ4n) is 1.05. The van der Waals surface area contributed by atoms with Crippen molar-refractivity contribution in [1.29, 1.82) is 0 Å². The smallest absolute Gasteiger partial charge is 0.193 e. The van der Waals surface area contributed by atoms with Crippen LogP contribution in [0.25, 0.3) is 0 Å². The summed E-state index contributed by atoms with van der Waals surface area (Å²) in [6.45, 7) is 4.34. The van der Waals surface area contributed by atoms with Gasteiger partial charge in [0, 0.05) is 12.3 Å². The molecule has 1 heterocycles. The Kier molecular flexibility index (Phi) is 6.15. The van der Waals surface area contributed by atoms with E-state index >= 15 is 0 Å². The lowest BCUT2D eigenvalue weighted by molar-refractivity contribution is 0.532. The van der Waals surface area contributed by atoms with Crippen LogP contribution in [-0.4, -0.2) is 18.8 Å². The van der Waals surface area contributed by atoms with E-state index in [2.05, 4.69) is 12.2 Å². The Morgan fingerprint density at radius 3 is 2.93 bits per heavy atom. The molecular formula is C10H16ClNOS. The first-order valence-corrected chi connectivity index (χ1v) is 6.39. The fourth-order valence-corrected chi connectivity index (χ4v) is 2.00. The summed E-state index contributed by atoms with van der Waals surface area (Å²) in [6.07, 6.45) is 1.19. The highest BCUT2D eigenvalue weighted by Crippen LogP contribution is 2.17. The van der Waals surface area contributed by atoms with Crippen molar-refractivity contribution in [3.05, 3.63) is 23.1 Å². The van der Waals surface area contributed by atoms with Crippen molar-refractivity contribution in [3.63, 3.8) is 0 Å². The first-order valence-electron chi connectivity index (χ1n) is 4.85. The molecule has 1 rings (SSSR count). The van der Waals surface area contributed by atoms with E-state index in [9.17, 15) is 0 Å². The minimum Gasteiger partial charge on any atom is -0.449 e. The molecule has 1 aromatic rings. The molecule has 0 saturated carbocycles. The third kappa shape index (κ3) is 4.94. The summed E-state index contributed by atoms with van der Waals surface area (Å²) in [5.41, 5.74) is 0. The van der Waals surface area contributed by atoms with E-state index < -0.39 is 0 Å². The van der Waals surface area contributed by atoms with Gasteiger partial charge in [-0.25, -0.2) is 0 Å². The van der Waals surface area contributed by atoms with Crippen molar-refractivity contribution < 1.29 is 4.42 Å². The molecule has 1 N–H and O–H groups in total. The summed E-state index contributed by atoms with van der Waals surface area (Å²) >= 11 is 7.51. The van der Waals surface area contributed by atoms with Crippen LogP contribution >= 0.6 is 23.4 Å². The maximum Gasteiger partial charge on any atom is 0.193 e. The molecule has 0 atom stereocenters. The van der Waals surface area contributed by atoms with Crippen molar-refractivity contribution in [2.45, 2.75) is 19.1 Å². The second-order valence-corrected chi connectivity index (χ2v) is 4.49. The van der Waals surface area contributed by atoms with Crippen molar-refractivity contribution in [2.24, 2.45) is 0 Å². The summed E-state index contributed by atoms with van der Waals surface area (Å²) in [5.74, 6) is 2.97. The highest BCUT2D eigenvalue weighted by atomic mass is 35.5. The molecule has 80 valence electrons. The van der Waals surface area contributed by atoms with Crippen LogP contribution in [0.4, 0.5) is 0 Å².